The van der Waals surface area contributed by atoms with Gasteiger partial charge in [-0.1, -0.05) is 19.4 Å². The van der Waals surface area contributed by atoms with E-state index in [4.69, 9.17) is 33.2 Å². The van der Waals surface area contributed by atoms with Gasteiger partial charge in [0, 0.05) is 19.3 Å². The van der Waals surface area contributed by atoms with E-state index in [2.05, 4.69) is 18.9 Å². The predicted octanol–water partition coefficient (Wildman–Crippen LogP) is 8.81. The Balaban J connectivity index is 0.963. The van der Waals surface area contributed by atoms with Gasteiger partial charge in [-0.15, -0.1) is 0 Å². The Morgan fingerprint density at radius 3 is 1.62 bits per heavy atom. The second-order valence-corrected chi connectivity index (χ2v) is 15.4. The smallest absolute Gasteiger partial charge is 0.330 e. The number of hydrogen-bond donors (Lipinski definition) is 1. The molecule has 4 aliphatic carbocycles. The molecule has 52 heavy (non-hydrogen) atoms. The highest BCUT2D eigenvalue weighted by molar-refractivity contribution is 5.81. The van der Waals surface area contributed by atoms with Crippen LogP contribution in [0.25, 0.3) is 0 Å². The van der Waals surface area contributed by atoms with Crippen LogP contribution in [0.5, 0.6) is 0 Å². The maximum absolute atomic E-state index is 13.1. The largest absolute Gasteiger partial charge is 0.475 e. The van der Waals surface area contributed by atoms with E-state index >= 15 is 0 Å². The number of ether oxygens (including phenoxy) is 7. The first-order valence-corrected chi connectivity index (χ1v) is 20.6. The molecule has 1 N–H and O–H groups in total. The lowest BCUT2D eigenvalue weighted by Gasteiger charge is -2.42. The van der Waals surface area contributed by atoms with Crippen molar-refractivity contribution >= 4 is 11.9 Å². The molecule has 10 nitrogen and oxygen atoms in total. The highest BCUT2D eigenvalue weighted by Gasteiger charge is 2.38. The van der Waals surface area contributed by atoms with Crippen molar-refractivity contribution in [1.29, 1.82) is 0 Å². The zero-order chi connectivity index (χ0) is 36.8. The van der Waals surface area contributed by atoms with Crippen molar-refractivity contribution in [2.45, 2.75) is 172 Å². The Bertz CT molecular complexity index is 1070. The Morgan fingerprint density at radius 2 is 1.04 bits per heavy atom. The fraction of sp³-hybridized carbons (Fsp3) is 0.833. The maximum atomic E-state index is 13.1. The standard InChI is InChI=1S/C42H68O10/c1-3-40(43)48-27-11-7-5-9-25-46-35-17-13-32(14-18-35)42(45)52-39-20-16-33-29-38(19-15-34(33)30-39)51-31-50-37-23-21-36(22-24-37)47-26-10-6-8-12-28-49-41(44)4-2/h3,32-39,44H,1-2,5-31H2. The summed E-state index contributed by atoms with van der Waals surface area (Å²) in [7, 11) is 0. The minimum atomic E-state index is -0.359. The van der Waals surface area contributed by atoms with Crippen molar-refractivity contribution in [3.05, 3.63) is 30.9 Å². The van der Waals surface area contributed by atoms with Crippen LogP contribution < -0.4 is 0 Å². The van der Waals surface area contributed by atoms with Crippen molar-refractivity contribution < 1.29 is 47.9 Å². The van der Waals surface area contributed by atoms with Crippen LogP contribution in [0.4, 0.5) is 0 Å². The van der Waals surface area contributed by atoms with Crippen molar-refractivity contribution in [3.63, 3.8) is 0 Å². The van der Waals surface area contributed by atoms with Gasteiger partial charge in [-0.05, 0) is 153 Å². The average Bonchev–Trinajstić information content (AvgIpc) is 3.17. The highest BCUT2D eigenvalue weighted by atomic mass is 16.7. The van der Waals surface area contributed by atoms with Gasteiger partial charge in [-0.2, -0.15) is 0 Å². The van der Waals surface area contributed by atoms with Gasteiger partial charge >= 0.3 is 17.9 Å². The summed E-state index contributed by atoms with van der Waals surface area (Å²) < 4.78 is 40.8. The number of aliphatic hydroxyl groups is 1. The molecule has 296 valence electrons. The summed E-state index contributed by atoms with van der Waals surface area (Å²) in [6.07, 6.45) is 24.4. The van der Waals surface area contributed by atoms with Crippen molar-refractivity contribution in [3.8, 4) is 0 Å². The van der Waals surface area contributed by atoms with Crippen LogP contribution in [-0.2, 0) is 42.7 Å². The maximum Gasteiger partial charge on any atom is 0.330 e. The van der Waals surface area contributed by atoms with Gasteiger partial charge in [-0.3, -0.25) is 4.79 Å². The van der Waals surface area contributed by atoms with Crippen molar-refractivity contribution in [2.75, 3.05) is 33.2 Å². The molecule has 0 aliphatic heterocycles. The highest BCUT2D eigenvalue weighted by Crippen LogP contribution is 2.43. The Kier molecular flexibility index (Phi) is 20.3. The molecule has 0 spiro atoms. The van der Waals surface area contributed by atoms with Gasteiger partial charge in [0.2, 0.25) is 0 Å². The lowest BCUT2D eigenvalue weighted by atomic mass is 9.69. The Morgan fingerprint density at radius 1 is 0.577 bits per heavy atom. The molecule has 4 atom stereocenters. The van der Waals surface area contributed by atoms with Gasteiger partial charge in [-0.25, -0.2) is 4.79 Å². The molecule has 0 radical (unpaired) electrons. The molecule has 0 amide bonds. The minimum Gasteiger partial charge on any atom is -0.475 e. The number of aliphatic hydroxyl groups excluding tert-OH is 1. The number of unbranched alkanes of at least 4 members (excludes halogenated alkanes) is 6. The summed E-state index contributed by atoms with van der Waals surface area (Å²) in [6, 6.07) is 0. The van der Waals surface area contributed by atoms with Crippen LogP contribution in [0.1, 0.15) is 141 Å². The van der Waals surface area contributed by atoms with Crippen molar-refractivity contribution in [1.82, 2.24) is 0 Å². The number of fused-ring (bicyclic) bond motifs is 1. The number of rotatable bonds is 24. The molecule has 4 rings (SSSR count). The van der Waals surface area contributed by atoms with E-state index in [0.717, 1.165) is 154 Å². The first-order valence-electron chi connectivity index (χ1n) is 20.6. The van der Waals surface area contributed by atoms with Crippen LogP contribution >= 0.6 is 0 Å². The van der Waals surface area contributed by atoms with Crippen LogP contribution in [0.2, 0.25) is 0 Å². The Hall–Kier alpha value is -2.36. The monoisotopic (exact) mass is 732 g/mol. The molecule has 0 aromatic carbocycles. The number of carbonyl (C=O) groups is 2. The topological polar surface area (TPSA) is 119 Å². The summed E-state index contributed by atoms with van der Waals surface area (Å²) in [6.45, 7) is 9.61. The van der Waals surface area contributed by atoms with Crippen LogP contribution in [0.15, 0.2) is 30.9 Å². The van der Waals surface area contributed by atoms with Gasteiger partial charge in [0.1, 0.15) is 12.9 Å². The summed E-state index contributed by atoms with van der Waals surface area (Å²) >= 11 is 0. The van der Waals surface area contributed by atoms with E-state index in [-0.39, 0.29) is 48.2 Å². The van der Waals surface area contributed by atoms with Crippen LogP contribution in [-0.4, -0.2) is 80.8 Å². The summed E-state index contributed by atoms with van der Waals surface area (Å²) in [5.41, 5.74) is 2.32. The van der Waals surface area contributed by atoms with E-state index in [9.17, 15) is 14.7 Å². The fourth-order valence-corrected chi connectivity index (χ4v) is 8.45. The number of esters is 2. The van der Waals surface area contributed by atoms with Gasteiger partial charge < -0.3 is 38.3 Å². The third-order valence-electron chi connectivity index (χ3n) is 11.6. The second-order valence-electron chi connectivity index (χ2n) is 15.4. The first-order chi connectivity index (χ1) is 25.4. The SMILES string of the molecule is C=C=C(O)OCCCCCCOC1CCC(OCOC2CCC3CC(OC(=O)C4CCC(OCCCCCCOC(=O)C=C)CC4)CCC3C2)CC1. The average molecular weight is 733 g/mol. The van der Waals surface area contributed by atoms with Crippen molar-refractivity contribution in [2.24, 2.45) is 17.8 Å². The molecule has 0 bridgehead atoms. The van der Waals surface area contributed by atoms with Gasteiger partial charge in [0.25, 0.3) is 0 Å². The van der Waals surface area contributed by atoms with Crippen LogP contribution in [0.3, 0.4) is 0 Å². The molecule has 0 heterocycles. The molecule has 0 saturated heterocycles. The number of hydrogen-bond acceptors (Lipinski definition) is 10. The molecular weight excluding hydrogens is 664 g/mol. The van der Waals surface area contributed by atoms with E-state index in [1.54, 1.807) is 0 Å². The molecule has 4 unspecified atom stereocenters. The number of carbonyl (C=O) groups excluding carboxylic acids is 2. The third kappa shape index (κ3) is 16.3. The molecule has 0 aromatic heterocycles. The molecule has 4 aliphatic rings. The Labute approximate surface area is 313 Å². The summed E-state index contributed by atoms with van der Waals surface area (Å²) in [5.74, 6) is 0.705. The van der Waals surface area contributed by atoms with E-state index in [0.29, 0.717) is 37.9 Å². The zero-order valence-corrected chi connectivity index (χ0v) is 31.8. The fourth-order valence-electron chi connectivity index (χ4n) is 8.45. The molecule has 0 aromatic rings. The second kappa shape index (κ2) is 24.9. The lowest BCUT2D eigenvalue weighted by Crippen LogP contribution is -2.38. The minimum absolute atomic E-state index is 0.00658. The third-order valence-corrected chi connectivity index (χ3v) is 11.6. The van der Waals surface area contributed by atoms with Gasteiger partial charge in [0.15, 0.2) is 0 Å². The normalized spacial score (nSPS) is 28.9. The van der Waals surface area contributed by atoms with Gasteiger partial charge in [0.05, 0.1) is 43.5 Å². The summed E-state index contributed by atoms with van der Waals surface area (Å²) in [4.78, 5) is 24.1. The molecule has 4 fully saturated rings. The van der Waals surface area contributed by atoms with E-state index in [1.807, 2.05) is 0 Å². The quantitative estimate of drug-likeness (QED) is 0.0258. The van der Waals surface area contributed by atoms with E-state index in [1.165, 1.54) is 6.08 Å². The molecular formula is C42H68O10. The van der Waals surface area contributed by atoms with Crippen LogP contribution in [0, 0.1) is 17.8 Å². The molecule has 4 saturated carbocycles. The lowest BCUT2D eigenvalue weighted by molar-refractivity contribution is -0.163. The van der Waals surface area contributed by atoms with E-state index < -0.39 is 0 Å². The molecule has 10 heteroatoms. The zero-order valence-electron chi connectivity index (χ0n) is 31.8. The summed E-state index contributed by atoms with van der Waals surface area (Å²) in [5, 5.41) is 9.17. The first kappa shape index (κ1) is 42.4. The predicted molar refractivity (Wildman–Crippen MR) is 198 cm³/mol.